The van der Waals surface area contributed by atoms with Gasteiger partial charge in [0.1, 0.15) is 5.69 Å². The van der Waals surface area contributed by atoms with E-state index in [1.807, 2.05) is 4.90 Å². The minimum atomic E-state index is -0.371. The molecule has 1 heterocycles. The molecule has 0 aliphatic carbocycles. The van der Waals surface area contributed by atoms with Gasteiger partial charge in [-0.3, -0.25) is 10.1 Å². The van der Waals surface area contributed by atoms with Crippen molar-refractivity contribution in [3.05, 3.63) is 32.8 Å². The van der Waals surface area contributed by atoms with E-state index in [9.17, 15) is 10.1 Å². The monoisotopic (exact) mass is 271 g/mol. The van der Waals surface area contributed by atoms with E-state index in [1.54, 1.807) is 12.1 Å². The predicted molar refractivity (Wildman–Crippen MR) is 61.0 cm³/mol. The molecule has 0 radical (unpaired) electrons. The predicted octanol–water partition coefficient (Wildman–Crippen LogP) is 1.50. The van der Waals surface area contributed by atoms with Gasteiger partial charge in [0.05, 0.1) is 4.92 Å². The van der Waals surface area contributed by atoms with Crippen molar-refractivity contribution < 1.29 is 4.92 Å². The Morgan fingerprint density at radius 2 is 2.20 bits per heavy atom. The van der Waals surface area contributed by atoms with E-state index >= 15 is 0 Å². The van der Waals surface area contributed by atoms with Crippen LogP contribution < -0.4 is 10.6 Å². The molecule has 6 heteroatoms. The topological polar surface area (TPSA) is 72.4 Å². The number of nitro groups is 1. The zero-order valence-corrected chi connectivity index (χ0v) is 9.48. The molecule has 1 aliphatic rings. The van der Waals surface area contributed by atoms with E-state index in [-0.39, 0.29) is 16.7 Å². The lowest BCUT2D eigenvalue weighted by atomic mass is 10.1. The molecule has 2 rings (SSSR count). The lowest BCUT2D eigenvalue weighted by Gasteiger charge is -2.38. The molecule has 0 amide bonds. The van der Waals surface area contributed by atoms with E-state index in [0.29, 0.717) is 23.2 Å². The highest BCUT2D eigenvalue weighted by molar-refractivity contribution is 9.10. The smallest absolute Gasteiger partial charge is 0.293 e. The van der Waals surface area contributed by atoms with Crippen molar-refractivity contribution in [2.24, 2.45) is 5.73 Å². The normalized spacial score (nSPS) is 16.3. The van der Waals surface area contributed by atoms with Crippen molar-refractivity contribution >= 4 is 27.3 Å². The Labute approximate surface area is 95.1 Å². The van der Waals surface area contributed by atoms with E-state index in [4.69, 9.17) is 5.73 Å². The molecule has 15 heavy (non-hydrogen) atoms. The molecule has 1 aromatic carbocycles. The largest absolute Gasteiger partial charge is 0.363 e. The van der Waals surface area contributed by atoms with Crippen molar-refractivity contribution in [1.29, 1.82) is 0 Å². The lowest BCUT2D eigenvalue weighted by molar-refractivity contribution is -0.384. The number of halogens is 1. The van der Waals surface area contributed by atoms with Gasteiger partial charge in [0.25, 0.3) is 5.69 Å². The van der Waals surface area contributed by atoms with Crippen LogP contribution in [-0.2, 0) is 0 Å². The number of hydrogen-bond donors (Lipinski definition) is 1. The average Bonchev–Trinajstić information content (AvgIpc) is 2.13. The molecule has 0 spiro atoms. The van der Waals surface area contributed by atoms with Gasteiger partial charge in [-0.1, -0.05) is 15.9 Å². The standard InChI is InChI=1S/C9H10BrN3O2/c10-6-1-2-8(9(3-6)13(14)15)12-4-7(11)5-12/h1-3,7H,4-5,11H2. The molecule has 0 saturated carbocycles. The molecule has 0 aromatic heterocycles. The maximum Gasteiger partial charge on any atom is 0.293 e. The summed E-state index contributed by atoms with van der Waals surface area (Å²) >= 11 is 3.22. The highest BCUT2D eigenvalue weighted by Crippen LogP contribution is 2.33. The Morgan fingerprint density at radius 1 is 1.53 bits per heavy atom. The minimum Gasteiger partial charge on any atom is -0.363 e. The van der Waals surface area contributed by atoms with Gasteiger partial charge < -0.3 is 10.6 Å². The Bertz CT molecular complexity index is 404. The third kappa shape index (κ3) is 1.95. The maximum absolute atomic E-state index is 10.8. The molecule has 5 nitrogen and oxygen atoms in total. The van der Waals surface area contributed by atoms with E-state index in [1.165, 1.54) is 6.07 Å². The summed E-state index contributed by atoms with van der Waals surface area (Å²) in [5.74, 6) is 0. The van der Waals surface area contributed by atoms with Gasteiger partial charge in [0.2, 0.25) is 0 Å². The van der Waals surface area contributed by atoms with Crippen LogP contribution in [0.2, 0.25) is 0 Å². The first-order chi connectivity index (χ1) is 7.08. The molecular weight excluding hydrogens is 262 g/mol. The number of benzene rings is 1. The van der Waals surface area contributed by atoms with Crippen LogP contribution in [0, 0.1) is 10.1 Å². The van der Waals surface area contributed by atoms with Gasteiger partial charge in [-0.25, -0.2) is 0 Å². The number of nitro benzene ring substituents is 1. The summed E-state index contributed by atoms with van der Waals surface area (Å²) in [6, 6.07) is 5.19. The highest BCUT2D eigenvalue weighted by atomic mass is 79.9. The Balaban J connectivity index is 2.34. The first kappa shape index (κ1) is 10.4. The van der Waals surface area contributed by atoms with Crippen molar-refractivity contribution in [2.75, 3.05) is 18.0 Å². The second-order valence-electron chi connectivity index (χ2n) is 3.56. The summed E-state index contributed by atoms with van der Waals surface area (Å²) in [5, 5.41) is 10.8. The van der Waals surface area contributed by atoms with Crippen LogP contribution in [0.1, 0.15) is 0 Å². The summed E-state index contributed by atoms with van der Waals surface area (Å²) in [7, 11) is 0. The molecule has 0 bridgehead atoms. The molecule has 1 fully saturated rings. The van der Waals surface area contributed by atoms with Crippen molar-refractivity contribution in [3.63, 3.8) is 0 Å². The average molecular weight is 272 g/mol. The Morgan fingerprint density at radius 3 is 2.73 bits per heavy atom. The highest BCUT2D eigenvalue weighted by Gasteiger charge is 2.28. The fraction of sp³-hybridized carbons (Fsp3) is 0.333. The minimum absolute atomic E-state index is 0.122. The Kier molecular flexibility index (Phi) is 2.62. The quantitative estimate of drug-likeness (QED) is 0.654. The van der Waals surface area contributed by atoms with Gasteiger partial charge >= 0.3 is 0 Å². The maximum atomic E-state index is 10.8. The van der Waals surface area contributed by atoms with Crippen LogP contribution >= 0.6 is 15.9 Å². The van der Waals surface area contributed by atoms with Crippen LogP contribution in [0.5, 0.6) is 0 Å². The number of hydrogen-bond acceptors (Lipinski definition) is 4. The van der Waals surface area contributed by atoms with Crippen LogP contribution in [0.3, 0.4) is 0 Å². The molecule has 1 saturated heterocycles. The van der Waals surface area contributed by atoms with Crippen molar-refractivity contribution in [2.45, 2.75) is 6.04 Å². The van der Waals surface area contributed by atoms with Crippen LogP contribution in [-0.4, -0.2) is 24.1 Å². The molecule has 0 atom stereocenters. The van der Waals surface area contributed by atoms with Gasteiger partial charge in [-0.05, 0) is 12.1 Å². The Hall–Kier alpha value is -1.14. The zero-order valence-electron chi connectivity index (χ0n) is 7.89. The van der Waals surface area contributed by atoms with Crippen LogP contribution in [0.15, 0.2) is 22.7 Å². The first-order valence-corrected chi connectivity index (χ1v) is 5.31. The summed E-state index contributed by atoms with van der Waals surface area (Å²) < 4.78 is 0.711. The molecular formula is C9H10BrN3O2. The lowest BCUT2D eigenvalue weighted by Crippen LogP contribution is -2.56. The van der Waals surface area contributed by atoms with E-state index in [2.05, 4.69) is 15.9 Å². The third-order valence-corrected chi connectivity index (χ3v) is 2.88. The molecule has 2 N–H and O–H groups in total. The molecule has 80 valence electrons. The van der Waals surface area contributed by atoms with Crippen LogP contribution in [0.25, 0.3) is 0 Å². The van der Waals surface area contributed by atoms with Crippen molar-refractivity contribution in [1.82, 2.24) is 0 Å². The summed E-state index contributed by atoms with van der Waals surface area (Å²) in [6.07, 6.45) is 0. The summed E-state index contributed by atoms with van der Waals surface area (Å²) in [5.41, 5.74) is 6.41. The summed E-state index contributed by atoms with van der Waals surface area (Å²) in [6.45, 7) is 1.37. The third-order valence-electron chi connectivity index (χ3n) is 2.38. The first-order valence-electron chi connectivity index (χ1n) is 4.52. The fourth-order valence-corrected chi connectivity index (χ4v) is 1.97. The second kappa shape index (κ2) is 3.79. The number of nitrogens with two attached hydrogens (primary N) is 1. The molecule has 1 aromatic rings. The van der Waals surface area contributed by atoms with Gasteiger partial charge in [-0.2, -0.15) is 0 Å². The molecule has 1 aliphatic heterocycles. The van der Waals surface area contributed by atoms with Gasteiger partial charge in [0, 0.05) is 29.7 Å². The van der Waals surface area contributed by atoms with E-state index < -0.39 is 0 Å². The van der Waals surface area contributed by atoms with Gasteiger partial charge in [0.15, 0.2) is 0 Å². The second-order valence-corrected chi connectivity index (χ2v) is 4.47. The van der Waals surface area contributed by atoms with Crippen LogP contribution in [0.4, 0.5) is 11.4 Å². The SMILES string of the molecule is NC1CN(c2ccc(Br)cc2[N+](=O)[O-])C1. The number of anilines is 1. The molecule has 0 unspecified atom stereocenters. The van der Waals surface area contributed by atoms with E-state index in [0.717, 1.165) is 0 Å². The van der Waals surface area contributed by atoms with Gasteiger partial charge in [-0.15, -0.1) is 0 Å². The number of nitrogens with zero attached hydrogens (tertiary/aromatic N) is 2. The zero-order chi connectivity index (χ0) is 11.0. The summed E-state index contributed by atoms with van der Waals surface area (Å²) in [4.78, 5) is 12.4. The van der Waals surface area contributed by atoms with Crippen molar-refractivity contribution in [3.8, 4) is 0 Å². The number of rotatable bonds is 2. The fourth-order valence-electron chi connectivity index (χ4n) is 1.62.